The molecule has 688 valence electrons. The predicted molar refractivity (Wildman–Crippen MR) is 542 cm³/mol. The first-order valence-electron chi connectivity index (χ1n) is 45.6. The Morgan fingerprint density at radius 3 is 0.770 bits per heavy atom. The Balaban J connectivity index is 0.000000580. The molecule has 13 rings (SSSR count). The second-order valence-electron chi connectivity index (χ2n) is 48.7. The Labute approximate surface area is 815 Å². The summed E-state index contributed by atoms with van der Waals surface area (Å²) in [4.78, 5) is 0. The van der Waals surface area contributed by atoms with Gasteiger partial charge < -0.3 is 44.6 Å². The number of rotatable bonds is 7. The second kappa shape index (κ2) is 45.7. The molecule has 0 spiro atoms. The molecule has 0 aromatic heterocycles. The molecule has 0 aliphatic heterocycles. The van der Waals surface area contributed by atoms with E-state index in [-0.39, 0.29) is 77.0 Å². The summed E-state index contributed by atoms with van der Waals surface area (Å²) in [5.74, 6) is 15.8. The van der Waals surface area contributed by atoms with E-state index in [0.29, 0.717) is 110 Å². The van der Waals surface area contributed by atoms with Gasteiger partial charge in [0.25, 0.3) is 0 Å². The fraction of sp³-hybridized carbons (Fsp3) is 0.681. The third kappa shape index (κ3) is 26.4. The van der Waals surface area contributed by atoms with Gasteiger partial charge in [-0.3, -0.25) is 0 Å². The van der Waals surface area contributed by atoms with E-state index in [1.165, 1.54) is 73.7 Å². The molecular formula is C113H182Cl6Zr3. The Morgan fingerprint density at radius 2 is 0.525 bits per heavy atom. The van der Waals surface area contributed by atoms with Gasteiger partial charge in [0, 0.05) is 0 Å². The van der Waals surface area contributed by atoms with Gasteiger partial charge in [-0.1, -0.05) is 357 Å². The van der Waals surface area contributed by atoms with Crippen LogP contribution in [0.5, 0.6) is 0 Å². The van der Waals surface area contributed by atoms with Crippen molar-refractivity contribution in [3.63, 3.8) is 0 Å². The summed E-state index contributed by atoms with van der Waals surface area (Å²) in [5.41, 5.74) is 23.0. The Kier molecular flexibility index (Phi) is 44.4. The average Bonchev–Trinajstić information content (AvgIpc) is 1.55. The van der Waals surface area contributed by atoms with Crippen molar-refractivity contribution in [1.29, 1.82) is 0 Å². The van der Waals surface area contributed by atoms with Crippen LogP contribution >= 0.6 is 51.1 Å². The minimum absolute atomic E-state index is 0. The van der Waals surface area contributed by atoms with Crippen molar-refractivity contribution >= 4 is 51.1 Å². The van der Waals surface area contributed by atoms with Crippen LogP contribution in [-0.4, -0.2) is 0 Å². The SMILES string of the molecule is CC1=CC2C(C=C1C(C)(C)C)C1C=C(C(C)(C)C)C(C)=CC1C2C(C)(C)C1CC(C(C)(C)C)CC1C.CC1=CC2C(C=C1C(C)(C)C)C1C=C(C(C)(C)C)C(C)=CC1C2C(C)(C)C1CCCC1.CC1=CC2C(C=C1C(C)(C)C)C1C=C(C(C)(C)C)C(C)=CC1C2C(c1ccccc1)C1CC(C(C)(C)C)CC1C.[CH3-].[CH3-].[CH3-].[CH3-].[CH3-].[CH3-].[Cl][Zr+2][Cl].[Cl][Zr+2][Cl].[Cl][Zr+2][Cl]. The van der Waals surface area contributed by atoms with Crippen LogP contribution in [0.15, 0.2) is 170 Å². The van der Waals surface area contributed by atoms with E-state index in [2.05, 4.69) is 352 Å². The molecule has 6 saturated carbocycles. The van der Waals surface area contributed by atoms with Gasteiger partial charge in [0.2, 0.25) is 0 Å². The van der Waals surface area contributed by atoms with Gasteiger partial charge in [-0.2, -0.15) is 0 Å². The van der Waals surface area contributed by atoms with E-state index in [1.54, 1.807) is 50.1 Å². The number of fused-ring (bicyclic) bond motifs is 9. The zero-order valence-electron chi connectivity index (χ0n) is 86.0. The standard InChI is InChI=1S/C40H58.C36H58.C31H48.6CH3.6ClH.3Zr/c1-24-18-28(38(4,5)6)21-29(24)36(27-16-14-13-15-17-27)37-32-19-25(2)34(39(7,8)9)22-30(32)31-23-35(40(10,11)12)26(3)20-33(31)37;1-21-15-24(33(4,5)6)18-31(21)36(13,14)32-27-16-22(2)29(34(7,8)9)19-25(27)26-20-30(35(10,11)12)23(3)17-28(26)32;1-19-15-24-22(17-26(19)29(3,4)5)23-18-27(30(6,7)8)20(2)16-25(23)28(24)31(9,10)21-13-11-12-14-21;;;;;;;;;;;;;;;/h13-17,19-20,22-24,28-33,36-37H,18,21H2,1-12H3;16-17,19-21,24-28,31-32H,15,18H2,1-14H3;15-18,21-25,28H,11-14H2,1-10H3;6*1H3;6*1H;;;/q;;;6*-1;;;;;;;3*+4/p-6. The molecule has 1 aromatic rings. The number of hydrogen-bond donors (Lipinski definition) is 0. The topological polar surface area (TPSA) is 0 Å². The fourth-order valence-electron chi connectivity index (χ4n) is 27.2. The van der Waals surface area contributed by atoms with Crippen molar-refractivity contribution in [2.45, 2.75) is 307 Å². The molecule has 0 radical (unpaired) electrons. The molecule has 9 heteroatoms. The number of benzene rings is 1. The van der Waals surface area contributed by atoms with Crippen LogP contribution in [0.4, 0.5) is 0 Å². The first kappa shape index (κ1) is 119. The summed E-state index contributed by atoms with van der Waals surface area (Å²) in [6, 6.07) is 11.7. The van der Waals surface area contributed by atoms with E-state index in [4.69, 9.17) is 51.1 Å². The third-order valence-corrected chi connectivity index (χ3v) is 32.2. The van der Waals surface area contributed by atoms with Gasteiger partial charge in [-0.15, -0.1) is 0 Å². The minimum atomic E-state index is -0.826. The summed E-state index contributed by atoms with van der Waals surface area (Å²) in [6.45, 7) is 88.1. The van der Waals surface area contributed by atoms with Gasteiger partial charge in [0.15, 0.2) is 0 Å². The van der Waals surface area contributed by atoms with Crippen LogP contribution in [0.2, 0.25) is 0 Å². The molecule has 12 aliphatic rings. The molecule has 12 aliphatic carbocycles. The zero-order valence-corrected chi connectivity index (χ0v) is 97.9. The molecular weight excluding hydrogens is 1840 g/mol. The molecule has 0 amide bonds. The molecule has 0 heterocycles. The van der Waals surface area contributed by atoms with Crippen LogP contribution in [0.1, 0.15) is 312 Å². The molecule has 6 fully saturated rings. The Morgan fingerprint density at radius 1 is 0.287 bits per heavy atom. The fourth-order valence-corrected chi connectivity index (χ4v) is 27.2. The van der Waals surface area contributed by atoms with Gasteiger partial charge >= 0.3 is 114 Å². The van der Waals surface area contributed by atoms with Crippen molar-refractivity contribution in [3.05, 3.63) is 220 Å². The van der Waals surface area contributed by atoms with Gasteiger partial charge in [-0.05, 0) is 309 Å². The first-order chi connectivity index (χ1) is 53.2. The molecule has 0 N–H and O–H groups in total. The van der Waals surface area contributed by atoms with Crippen LogP contribution in [0.25, 0.3) is 0 Å². The van der Waals surface area contributed by atoms with Crippen molar-refractivity contribution in [2.75, 3.05) is 0 Å². The molecule has 122 heavy (non-hydrogen) atoms. The van der Waals surface area contributed by atoms with Gasteiger partial charge in [0.1, 0.15) is 0 Å². The second-order valence-corrected chi connectivity index (χ2v) is 59.9. The Bertz CT molecular complexity index is 3760. The molecule has 19 unspecified atom stereocenters. The molecule has 19 atom stereocenters. The van der Waals surface area contributed by atoms with Gasteiger partial charge in [0.05, 0.1) is 0 Å². The molecule has 0 saturated heterocycles. The van der Waals surface area contributed by atoms with Gasteiger partial charge in [-0.25, -0.2) is 0 Å². The number of hydrogen-bond acceptors (Lipinski definition) is 0. The van der Waals surface area contributed by atoms with Crippen molar-refractivity contribution in [2.24, 2.45) is 184 Å². The van der Waals surface area contributed by atoms with Crippen LogP contribution < -0.4 is 0 Å². The Hall–Kier alpha value is 0.489. The molecule has 0 nitrogen and oxygen atoms in total. The average molecular weight is 2030 g/mol. The predicted octanol–water partition coefficient (Wildman–Crippen LogP) is 38.1. The first-order valence-corrected chi connectivity index (χ1v) is 64.6. The summed E-state index contributed by atoms with van der Waals surface area (Å²) in [7, 11) is 29.6. The molecule has 1 aromatic carbocycles. The van der Waals surface area contributed by atoms with Crippen LogP contribution in [0, 0.1) is 229 Å². The quantitative estimate of drug-likeness (QED) is 0.239. The number of allylic oxidation sites excluding steroid dienone is 24. The van der Waals surface area contributed by atoms with Crippen molar-refractivity contribution < 1.29 is 62.5 Å². The van der Waals surface area contributed by atoms with Crippen molar-refractivity contribution in [1.82, 2.24) is 0 Å². The molecule has 0 bridgehead atoms. The summed E-state index contributed by atoms with van der Waals surface area (Å²) in [5, 5.41) is 0. The summed E-state index contributed by atoms with van der Waals surface area (Å²) in [6.07, 6.45) is 44.2. The van der Waals surface area contributed by atoms with E-state index in [1.807, 2.05) is 0 Å². The van der Waals surface area contributed by atoms with Crippen LogP contribution in [-0.2, 0) is 62.5 Å². The number of halogens is 6. The maximum atomic E-state index is 4.93. The van der Waals surface area contributed by atoms with Crippen molar-refractivity contribution in [3.8, 4) is 0 Å². The normalized spacial score (nSPS) is 31.7. The summed E-state index contributed by atoms with van der Waals surface area (Å²) < 4.78 is 0. The summed E-state index contributed by atoms with van der Waals surface area (Å²) >= 11 is -2.48. The van der Waals surface area contributed by atoms with E-state index >= 15 is 0 Å². The van der Waals surface area contributed by atoms with E-state index in [9.17, 15) is 0 Å². The maximum absolute atomic E-state index is 4.93. The van der Waals surface area contributed by atoms with E-state index < -0.39 is 62.5 Å². The van der Waals surface area contributed by atoms with Crippen LogP contribution in [0.3, 0.4) is 0 Å². The third-order valence-electron chi connectivity index (χ3n) is 32.2. The van der Waals surface area contributed by atoms with E-state index in [0.717, 1.165) is 47.3 Å². The zero-order chi connectivity index (χ0) is 87.6. The monoisotopic (exact) mass is 2020 g/mol.